The van der Waals surface area contributed by atoms with Crippen LogP contribution >= 0.6 is 15.9 Å². The Bertz CT molecular complexity index is 205. The van der Waals surface area contributed by atoms with Gasteiger partial charge in [0.15, 0.2) is 0 Å². The van der Waals surface area contributed by atoms with Gasteiger partial charge in [0.2, 0.25) is 0 Å². The summed E-state index contributed by atoms with van der Waals surface area (Å²) in [6.45, 7) is 4.25. The maximum Gasteiger partial charge on any atom is 0.319 e. The molecule has 82 valence electrons. The quantitative estimate of drug-likeness (QED) is 0.707. The van der Waals surface area contributed by atoms with Crippen LogP contribution in [0.3, 0.4) is 0 Å². The Hall–Kier alpha value is -0.130. The smallest absolute Gasteiger partial charge is 0.319 e. The van der Waals surface area contributed by atoms with Crippen molar-refractivity contribution < 1.29 is 14.7 Å². The van der Waals surface area contributed by atoms with Gasteiger partial charge < -0.3 is 5.11 Å². The van der Waals surface area contributed by atoms with Gasteiger partial charge in [0.1, 0.15) is 4.32 Å². The molecule has 1 aliphatic carbocycles. The summed E-state index contributed by atoms with van der Waals surface area (Å²) in [5.41, 5.74) is 2.88. The first kappa shape index (κ1) is 11.9. The molecule has 2 fully saturated rings. The Balaban J connectivity index is 0.000000140. The van der Waals surface area contributed by atoms with Crippen LogP contribution in [0.2, 0.25) is 0 Å². The Labute approximate surface area is 92.1 Å². The van der Waals surface area contributed by atoms with Crippen molar-refractivity contribution in [3.8, 4) is 0 Å². The van der Waals surface area contributed by atoms with E-state index in [0.29, 0.717) is 6.10 Å². The lowest BCUT2D eigenvalue weighted by Crippen LogP contribution is -2.28. The van der Waals surface area contributed by atoms with E-state index in [1.165, 1.54) is 12.8 Å². The summed E-state index contributed by atoms with van der Waals surface area (Å²) in [7, 11) is 0. The second kappa shape index (κ2) is 4.59. The van der Waals surface area contributed by atoms with E-state index in [-0.39, 0.29) is 0 Å². The van der Waals surface area contributed by atoms with Crippen LogP contribution in [-0.4, -0.2) is 28.0 Å². The number of carboxylic acids is 1. The number of hydrogen-bond acceptors (Lipinski definition) is 3. The number of fused-ring (bicyclic) bond motifs is 1. The first-order chi connectivity index (χ1) is 6.41. The van der Waals surface area contributed by atoms with E-state index in [9.17, 15) is 4.79 Å². The molecule has 0 radical (unpaired) electrons. The molecule has 0 aromatic rings. The van der Waals surface area contributed by atoms with Crippen molar-refractivity contribution in [2.24, 2.45) is 5.92 Å². The summed E-state index contributed by atoms with van der Waals surface area (Å²) in [6.07, 6.45) is 3.23. The molecule has 0 amide bonds. The molecule has 0 aromatic carbocycles. The fraction of sp³-hybridized carbons (Fsp3) is 0.889. The topological polar surface area (TPSA) is 58.6 Å². The molecule has 1 saturated heterocycles. The van der Waals surface area contributed by atoms with Crippen molar-refractivity contribution in [2.75, 3.05) is 6.54 Å². The Kier molecular flexibility index (Phi) is 3.92. The largest absolute Gasteiger partial charge is 0.480 e. The zero-order valence-electron chi connectivity index (χ0n) is 8.42. The van der Waals surface area contributed by atoms with Gasteiger partial charge in [-0.25, -0.2) is 5.48 Å². The highest BCUT2D eigenvalue weighted by molar-refractivity contribution is 9.10. The van der Waals surface area contributed by atoms with Crippen molar-refractivity contribution in [3.63, 3.8) is 0 Å². The number of hydroxylamine groups is 1. The average Bonchev–Trinajstić information content (AvgIpc) is 2.30. The number of aliphatic carboxylic acids is 1. The zero-order valence-corrected chi connectivity index (χ0v) is 10.0. The van der Waals surface area contributed by atoms with Crippen LogP contribution in [0.5, 0.6) is 0 Å². The van der Waals surface area contributed by atoms with Gasteiger partial charge in [0.05, 0.1) is 6.10 Å². The zero-order chi connectivity index (χ0) is 10.8. The van der Waals surface area contributed by atoms with Crippen LogP contribution < -0.4 is 5.48 Å². The Morgan fingerprint density at radius 2 is 2.14 bits per heavy atom. The number of hydrogen-bond donors (Lipinski definition) is 2. The maximum absolute atomic E-state index is 9.97. The Morgan fingerprint density at radius 1 is 1.57 bits per heavy atom. The lowest BCUT2D eigenvalue weighted by molar-refractivity contribution is -0.138. The SMILES string of the molecule is C1CC2ONCC12.CC(C)(Br)C(=O)O. The molecule has 0 bridgehead atoms. The second-order valence-electron chi connectivity index (χ2n) is 4.12. The molecule has 0 aromatic heterocycles. The molecule has 1 heterocycles. The fourth-order valence-corrected chi connectivity index (χ4v) is 1.19. The van der Waals surface area contributed by atoms with Crippen LogP contribution in [-0.2, 0) is 9.63 Å². The van der Waals surface area contributed by atoms with Gasteiger partial charge in [-0.15, -0.1) is 0 Å². The molecule has 5 heteroatoms. The molecule has 1 aliphatic heterocycles. The van der Waals surface area contributed by atoms with Crippen LogP contribution in [0.4, 0.5) is 0 Å². The van der Waals surface area contributed by atoms with Gasteiger partial charge in [-0.05, 0) is 26.7 Å². The maximum atomic E-state index is 9.97. The highest BCUT2D eigenvalue weighted by atomic mass is 79.9. The average molecular weight is 266 g/mol. The lowest BCUT2D eigenvalue weighted by Gasteiger charge is -2.25. The molecule has 2 aliphatic rings. The summed E-state index contributed by atoms with van der Waals surface area (Å²) in [4.78, 5) is 15.1. The third-order valence-electron chi connectivity index (χ3n) is 2.44. The first-order valence-corrected chi connectivity index (χ1v) is 5.51. The van der Waals surface area contributed by atoms with Crippen LogP contribution in [0.1, 0.15) is 26.7 Å². The van der Waals surface area contributed by atoms with E-state index in [1.54, 1.807) is 13.8 Å². The van der Waals surface area contributed by atoms with Crippen molar-refractivity contribution in [2.45, 2.75) is 37.1 Å². The number of halogens is 1. The van der Waals surface area contributed by atoms with E-state index in [2.05, 4.69) is 21.4 Å². The van der Waals surface area contributed by atoms with E-state index >= 15 is 0 Å². The van der Waals surface area contributed by atoms with Crippen molar-refractivity contribution >= 4 is 21.9 Å². The summed E-state index contributed by atoms with van der Waals surface area (Å²) in [5, 5.41) is 8.20. The standard InChI is InChI=1S/C5H9NO.C4H7BrO2/c1-2-5-4(1)3-6-7-5;1-4(2,5)3(6)7/h4-6H,1-3H2;1-2H3,(H,6,7). The minimum absolute atomic E-state index is 0.583. The normalized spacial score (nSPS) is 29.6. The predicted molar refractivity (Wildman–Crippen MR) is 56.2 cm³/mol. The number of carboxylic acid groups (broad SMARTS) is 1. The van der Waals surface area contributed by atoms with Gasteiger partial charge in [-0.3, -0.25) is 9.63 Å². The highest BCUT2D eigenvalue weighted by Gasteiger charge is 2.36. The molecule has 2 rings (SSSR count). The van der Waals surface area contributed by atoms with Crippen molar-refractivity contribution in [1.82, 2.24) is 5.48 Å². The molecule has 1 saturated carbocycles. The second-order valence-corrected chi connectivity index (χ2v) is 6.10. The summed E-state index contributed by atoms with van der Waals surface area (Å²) in [5.74, 6) is 0.0208. The molecule has 14 heavy (non-hydrogen) atoms. The highest BCUT2D eigenvalue weighted by Crippen LogP contribution is 2.32. The van der Waals surface area contributed by atoms with Crippen molar-refractivity contribution in [1.29, 1.82) is 0 Å². The van der Waals surface area contributed by atoms with Crippen LogP contribution in [0.15, 0.2) is 0 Å². The van der Waals surface area contributed by atoms with Gasteiger partial charge in [-0.2, -0.15) is 0 Å². The van der Waals surface area contributed by atoms with E-state index in [4.69, 9.17) is 9.94 Å². The monoisotopic (exact) mass is 265 g/mol. The third kappa shape index (κ3) is 3.22. The molecule has 2 N–H and O–H groups in total. The first-order valence-electron chi connectivity index (χ1n) is 4.72. The number of rotatable bonds is 1. The minimum atomic E-state index is -0.840. The number of alkyl halides is 1. The fourth-order valence-electron chi connectivity index (χ4n) is 1.19. The molecular formula is C9H16BrNO3. The predicted octanol–water partition coefficient (Wildman–Crippen LogP) is 1.54. The molecule has 2 atom stereocenters. The molecular weight excluding hydrogens is 250 g/mol. The van der Waals surface area contributed by atoms with Crippen LogP contribution in [0.25, 0.3) is 0 Å². The minimum Gasteiger partial charge on any atom is -0.480 e. The summed E-state index contributed by atoms with van der Waals surface area (Å²) < 4.78 is -0.771. The molecule has 0 spiro atoms. The molecule has 4 nitrogen and oxygen atoms in total. The summed E-state index contributed by atoms with van der Waals surface area (Å²) in [6, 6.07) is 0. The van der Waals surface area contributed by atoms with Gasteiger partial charge >= 0.3 is 5.97 Å². The van der Waals surface area contributed by atoms with Gasteiger partial charge in [0, 0.05) is 12.5 Å². The summed E-state index contributed by atoms with van der Waals surface area (Å²) >= 11 is 2.94. The van der Waals surface area contributed by atoms with E-state index in [1.807, 2.05) is 0 Å². The molecule has 2 unspecified atom stereocenters. The van der Waals surface area contributed by atoms with Gasteiger partial charge in [-0.1, -0.05) is 15.9 Å². The van der Waals surface area contributed by atoms with Gasteiger partial charge in [0.25, 0.3) is 0 Å². The van der Waals surface area contributed by atoms with Crippen LogP contribution in [0, 0.1) is 5.92 Å². The van der Waals surface area contributed by atoms with E-state index < -0.39 is 10.3 Å². The van der Waals surface area contributed by atoms with Crippen molar-refractivity contribution in [3.05, 3.63) is 0 Å². The Morgan fingerprint density at radius 3 is 2.29 bits per heavy atom. The lowest BCUT2D eigenvalue weighted by atomic mass is 9.83. The number of nitrogens with one attached hydrogen (secondary N) is 1. The third-order valence-corrected chi connectivity index (χ3v) is 2.78. The number of carbonyl (C=O) groups is 1. The van der Waals surface area contributed by atoms with E-state index in [0.717, 1.165) is 12.5 Å².